The molecule has 2 rings (SSSR count). The number of hydrogen-bond acceptors (Lipinski definition) is 2. The number of nitrogens with one attached hydrogen (secondary N) is 1. The zero-order chi connectivity index (χ0) is 13.8. The quantitative estimate of drug-likeness (QED) is 0.823. The van der Waals surface area contributed by atoms with Gasteiger partial charge in [-0.3, -0.25) is 0 Å². The molecule has 100 valence electrons. The van der Waals surface area contributed by atoms with Gasteiger partial charge in [-0.15, -0.1) is 0 Å². The van der Waals surface area contributed by atoms with Crippen LogP contribution in [0.25, 0.3) is 0 Å². The van der Waals surface area contributed by atoms with Crippen molar-refractivity contribution in [2.24, 2.45) is 0 Å². The summed E-state index contributed by atoms with van der Waals surface area (Å²) in [5.74, 6) is -0.230. The highest BCUT2D eigenvalue weighted by atomic mass is 35.5. The molecule has 0 spiro atoms. The first-order valence-corrected chi connectivity index (χ1v) is 6.54. The Bertz CT molecular complexity index is 588. The minimum absolute atomic E-state index is 0.230. The van der Waals surface area contributed by atoms with Gasteiger partial charge >= 0.3 is 0 Å². The van der Waals surface area contributed by atoms with Crippen molar-refractivity contribution in [1.29, 1.82) is 0 Å². The molecule has 0 amide bonds. The lowest BCUT2D eigenvalue weighted by Crippen LogP contribution is -2.07. The van der Waals surface area contributed by atoms with Crippen molar-refractivity contribution in [3.63, 3.8) is 0 Å². The number of nitrogen functional groups attached to an aromatic ring is 1. The number of nitrogens with two attached hydrogens (primary N) is 1. The van der Waals surface area contributed by atoms with E-state index in [1.54, 1.807) is 18.2 Å². The molecule has 0 saturated heterocycles. The molecule has 0 aliphatic carbocycles. The molecule has 0 fully saturated rings. The summed E-state index contributed by atoms with van der Waals surface area (Å²) < 4.78 is 13.0. The predicted octanol–water partition coefficient (Wildman–Crippen LogP) is 4.37. The summed E-state index contributed by atoms with van der Waals surface area (Å²) in [5, 5.41) is 4.03. The van der Waals surface area contributed by atoms with E-state index in [0.29, 0.717) is 28.7 Å². The Hall–Kier alpha value is -1.45. The van der Waals surface area contributed by atoms with Crippen molar-refractivity contribution in [2.75, 3.05) is 17.6 Å². The van der Waals surface area contributed by atoms with Crippen LogP contribution >= 0.6 is 23.2 Å². The third kappa shape index (κ3) is 3.75. The van der Waals surface area contributed by atoms with Gasteiger partial charge in [-0.2, -0.15) is 0 Å². The van der Waals surface area contributed by atoms with Gasteiger partial charge in [-0.25, -0.2) is 4.39 Å². The Labute approximate surface area is 121 Å². The maximum Gasteiger partial charge on any atom is 0.123 e. The van der Waals surface area contributed by atoms with Gasteiger partial charge in [0, 0.05) is 6.54 Å². The molecule has 2 aromatic carbocycles. The number of halogens is 3. The van der Waals surface area contributed by atoms with Gasteiger partial charge in [0.05, 0.1) is 21.4 Å². The summed E-state index contributed by atoms with van der Waals surface area (Å²) in [5.41, 5.74) is 8.01. The van der Waals surface area contributed by atoms with Crippen LogP contribution in [0, 0.1) is 5.82 Å². The van der Waals surface area contributed by atoms with Crippen molar-refractivity contribution in [1.82, 2.24) is 0 Å². The van der Waals surface area contributed by atoms with E-state index in [1.807, 2.05) is 6.07 Å². The SMILES string of the molecule is Nc1cc(Cl)c(Cl)cc1NCCc1cccc(F)c1. The zero-order valence-electron chi connectivity index (χ0n) is 10.1. The largest absolute Gasteiger partial charge is 0.397 e. The first-order valence-electron chi connectivity index (χ1n) is 5.79. The maximum absolute atomic E-state index is 13.0. The number of anilines is 2. The van der Waals surface area contributed by atoms with Crippen molar-refractivity contribution in [3.8, 4) is 0 Å². The molecule has 5 heteroatoms. The molecule has 0 atom stereocenters. The molecule has 0 radical (unpaired) electrons. The fraction of sp³-hybridized carbons (Fsp3) is 0.143. The highest BCUT2D eigenvalue weighted by molar-refractivity contribution is 6.42. The van der Waals surface area contributed by atoms with Crippen LogP contribution < -0.4 is 11.1 Å². The van der Waals surface area contributed by atoms with Crippen LogP contribution in [-0.2, 0) is 6.42 Å². The summed E-state index contributed by atoms with van der Waals surface area (Å²) in [6, 6.07) is 9.80. The first kappa shape index (κ1) is 14.0. The Morgan fingerprint density at radius 2 is 1.84 bits per heavy atom. The fourth-order valence-electron chi connectivity index (χ4n) is 1.75. The van der Waals surface area contributed by atoms with Crippen molar-refractivity contribution in [2.45, 2.75) is 6.42 Å². The van der Waals surface area contributed by atoms with Crippen LogP contribution in [0.4, 0.5) is 15.8 Å². The number of rotatable bonds is 4. The van der Waals surface area contributed by atoms with Crippen molar-refractivity contribution >= 4 is 34.6 Å². The summed E-state index contributed by atoms with van der Waals surface area (Å²) in [6.07, 6.45) is 0.692. The van der Waals surface area contributed by atoms with Crippen molar-refractivity contribution < 1.29 is 4.39 Å². The third-order valence-corrected chi connectivity index (χ3v) is 3.43. The van der Waals surface area contributed by atoms with Crippen LogP contribution in [0.5, 0.6) is 0 Å². The molecule has 0 unspecified atom stereocenters. The van der Waals surface area contributed by atoms with Crippen LogP contribution in [0.2, 0.25) is 10.0 Å². The van der Waals surface area contributed by atoms with Gasteiger partial charge in [0.1, 0.15) is 5.82 Å². The van der Waals surface area contributed by atoms with E-state index in [4.69, 9.17) is 28.9 Å². The molecule has 3 N–H and O–H groups in total. The molecule has 2 nitrogen and oxygen atoms in total. The molecule has 0 bridgehead atoms. The summed E-state index contributed by atoms with van der Waals surface area (Å²) in [4.78, 5) is 0. The molecule has 19 heavy (non-hydrogen) atoms. The van der Waals surface area contributed by atoms with Crippen LogP contribution in [0.1, 0.15) is 5.56 Å². The lowest BCUT2D eigenvalue weighted by Gasteiger charge is -2.10. The zero-order valence-corrected chi connectivity index (χ0v) is 11.6. The standard InChI is InChI=1S/C14H13Cl2FN2/c15-11-7-13(18)14(8-12(11)16)19-5-4-9-2-1-3-10(17)6-9/h1-3,6-8,19H,4-5,18H2. The maximum atomic E-state index is 13.0. The van der Waals surface area contributed by atoms with Crippen LogP contribution in [-0.4, -0.2) is 6.54 Å². The van der Waals surface area contributed by atoms with E-state index in [1.165, 1.54) is 12.1 Å². The number of hydrogen-bond donors (Lipinski definition) is 2. The van der Waals surface area contributed by atoms with Gasteiger partial charge in [0.25, 0.3) is 0 Å². The Morgan fingerprint density at radius 3 is 2.58 bits per heavy atom. The van der Waals surface area contributed by atoms with Gasteiger partial charge in [0.15, 0.2) is 0 Å². The molecular formula is C14H13Cl2FN2. The Morgan fingerprint density at radius 1 is 1.11 bits per heavy atom. The molecule has 0 aliphatic rings. The van der Waals surface area contributed by atoms with Gasteiger partial charge < -0.3 is 11.1 Å². The average Bonchev–Trinajstić information content (AvgIpc) is 2.35. The Kier molecular flexibility index (Phi) is 4.51. The van der Waals surface area contributed by atoms with E-state index in [9.17, 15) is 4.39 Å². The van der Waals surface area contributed by atoms with Gasteiger partial charge in [0.2, 0.25) is 0 Å². The molecule has 0 aliphatic heterocycles. The first-order chi connectivity index (χ1) is 9.06. The van der Waals surface area contributed by atoms with Crippen LogP contribution in [0.15, 0.2) is 36.4 Å². The second-order valence-electron chi connectivity index (χ2n) is 4.16. The monoisotopic (exact) mass is 298 g/mol. The minimum Gasteiger partial charge on any atom is -0.397 e. The topological polar surface area (TPSA) is 38.0 Å². The lowest BCUT2D eigenvalue weighted by molar-refractivity contribution is 0.625. The molecule has 0 heterocycles. The summed E-state index contributed by atoms with van der Waals surface area (Å²) in [7, 11) is 0. The smallest absolute Gasteiger partial charge is 0.123 e. The third-order valence-electron chi connectivity index (χ3n) is 2.71. The normalized spacial score (nSPS) is 10.5. The second-order valence-corrected chi connectivity index (χ2v) is 4.97. The highest BCUT2D eigenvalue weighted by Gasteiger charge is 2.04. The van der Waals surface area contributed by atoms with Crippen LogP contribution in [0.3, 0.4) is 0 Å². The number of benzene rings is 2. The van der Waals surface area contributed by atoms with E-state index < -0.39 is 0 Å². The van der Waals surface area contributed by atoms with E-state index >= 15 is 0 Å². The van der Waals surface area contributed by atoms with E-state index in [2.05, 4.69) is 5.32 Å². The van der Waals surface area contributed by atoms with Crippen molar-refractivity contribution in [3.05, 3.63) is 57.8 Å². The molecule has 0 aromatic heterocycles. The van der Waals surface area contributed by atoms with Gasteiger partial charge in [-0.05, 0) is 36.2 Å². The highest BCUT2D eigenvalue weighted by Crippen LogP contribution is 2.30. The molecule has 2 aromatic rings. The summed E-state index contributed by atoms with van der Waals surface area (Å²) in [6.45, 7) is 0.631. The van der Waals surface area contributed by atoms with E-state index in [-0.39, 0.29) is 5.82 Å². The second kappa shape index (κ2) is 6.13. The Balaban J connectivity index is 1.98. The minimum atomic E-state index is -0.230. The molecular weight excluding hydrogens is 286 g/mol. The lowest BCUT2D eigenvalue weighted by atomic mass is 10.1. The summed E-state index contributed by atoms with van der Waals surface area (Å²) >= 11 is 11.8. The van der Waals surface area contributed by atoms with E-state index in [0.717, 1.165) is 11.3 Å². The molecule has 0 saturated carbocycles. The van der Waals surface area contributed by atoms with Gasteiger partial charge in [-0.1, -0.05) is 35.3 Å². The fourth-order valence-corrected chi connectivity index (χ4v) is 2.09. The predicted molar refractivity (Wildman–Crippen MR) is 79.5 cm³/mol. The average molecular weight is 299 g/mol.